The van der Waals surface area contributed by atoms with Crippen LogP contribution in [0.1, 0.15) is 25.3 Å². The molecular formula is C21H22O7. The van der Waals surface area contributed by atoms with E-state index in [9.17, 15) is 24.6 Å². The van der Waals surface area contributed by atoms with Crippen molar-refractivity contribution in [3.05, 3.63) is 48.1 Å². The van der Waals surface area contributed by atoms with Gasteiger partial charge in [-0.15, -0.1) is 0 Å². The summed E-state index contributed by atoms with van der Waals surface area (Å²) < 4.78 is 10.2. The fourth-order valence-electron chi connectivity index (χ4n) is 3.26. The number of hydrogen-bond acceptors (Lipinski definition) is 7. The summed E-state index contributed by atoms with van der Waals surface area (Å²) in [6.45, 7) is 1.50. The Labute approximate surface area is 162 Å². The Morgan fingerprint density at radius 3 is 2.68 bits per heavy atom. The van der Waals surface area contributed by atoms with Crippen molar-refractivity contribution >= 4 is 23.8 Å². The van der Waals surface area contributed by atoms with Gasteiger partial charge in [-0.1, -0.05) is 18.2 Å². The first-order chi connectivity index (χ1) is 13.3. The Morgan fingerprint density at radius 2 is 2.00 bits per heavy atom. The van der Waals surface area contributed by atoms with Gasteiger partial charge in [0, 0.05) is 24.5 Å². The van der Waals surface area contributed by atoms with Gasteiger partial charge in [0.1, 0.15) is 11.9 Å². The van der Waals surface area contributed by atoms with E-state index in [1.807, 2.05) is 0 Å². The molecule has 7 heteroatoms. The molecule has 28 heavy (non-hydrogen) atoms. The van der Waals surface area contributed by atoms with Crippen molar-refractivity contribution in [2.75, 3.05) is 0 Å². The van der Waals surface area contributed by atoms with Crippen LogP contribution in [0.4, 0.5) is 0 Å². The first-order valence-corrected chi connectivity index (χ1v) is 9.12. The topological polar surface area (TPSA) is 110 Å². The van der Waals surface area contributed by atoms with E-state index >= 15 is 0 Å². The standard InChI is InChI=1S/C21H22O7/c1-12(27-19(24)10-7-13-5-8-14(22)9-6-13)20(25)15-11-16(15)21(26)17-3-2-4-18(23)28-17/h2,4-10,12,15-17,21-22,26H,3,11H2,1H3/t12-,15-,16-,17+,21-/m0/s1. The van der Waals surface area contributed by atoms with E-state index in [4.69, 9.17) is 9.47 Å². The molecule has 0 saturated heterocycles. The van der Waals surface area contributed by atoms with Crippen LogP contribution in [-0.4, -0.2) is 46.2 Å². The second-order valence-corrected chi connectivity index (χ2v) is 7.02. The summed E-state index contributed by atoms with van der Waals surface area (Å²) in [6, 6.07) is 6.26. The highest BCUT2D eigenvalue weighted by molar-refractivity contribution is 5.93. The minimum Gasteiger partial charge on any atom is -0.508 e. The van der Waals surface area contributed by atoms with Gasteiger partial charge >= 0.3 is 11.9 Å². The minimum absolute atomic E-state index is 0.124. The Balaban J connectivity index is 1.48. The highest BCUT2D eigenvalue weighted by atomic mass is 16.6. The maximum absolute atomic E-state index is 12.5. The van der Waals surface area contributed by atoms with Crippen molar-refractivity contribution < 1.29 is 34.1 Å². The zero-order chi connectivity index (χ0) is 20.3. The summed E-state index contributed by atoms with van der Waals surface area (Å²) in [6.07, 6.45) is 4.08. The van der Waals surface area contributed by atoms with E-state index in [-0.39, 0.29) is 17.5 Å². The third-order valence-electron chi connectivity index (χ3n) is 4.91. The minimum atomic E-state index is -0.937. The predicted octanol–water partition coefficient (Wildman–Crippen LogP) is 1.77. The molecule has 148 valence electrons. The lowest BCUT2D eigenvalue weighted by Crippen LogP contribution is -2.35. The number of phenolic OH excluding ortho intramolecular Hbond substituents is 1. The summed E-state index contributed by atoms with van der Waals surface area (Å²) in [7, 11) is 0. The maximum atomic E-state index is 12.5. The van der Waals surface area contributed by atoms with Gasteiger partial charge in [0.15, 0.2) is 11.9 Å². The number of cyclic esters (lactones) is 1. The number of phenols is 1. The smallest absolute Gasteiger partial charge is 0.331 e. The lowest BCUT2D eigenvalue weighted by Gasteiger charge is -2.24. The fourth-order valence-corrected chi connectivity index (χ4v) is 3.26. The molecule has 2 N–H and O–H groups in total. The van der Waals surface area contributed by atoms with Crippen LogP contribution in [0.25, 0.3) is 6.08 Å². The van der Waals surface area contributed by atoms with E-state index in [1.54, 1.807) is 18.2 Å². The zero-order valence-corrected chi connectivity index (χ0v) is 15.4. The first kappa shape index (κ1) is 19.8. The molecule has 7 nitrogen and oxygen atoms in total. The monoisotopic (exact) mass is 386 g/mol. The molecule has 1 fully saturated rings. The molecule has 5 atom stereocenters. The summed E-state index contributed by atoms with van der Waals surface area (Å²) >= 11 is 0. The number of ether oxygens (including phenoxy) is 2. The van der Waals surface area contributed by atoms with Gasteiger partial charge in [0.2, 0.25) is 0 Å². The largest absolute Gasteiger partial charge is 0.508 e. The Kier molecular flexibility index (Phi) is 5.94. The van der Waals surface area contributed by atoms with E-state index in [2.05, 4.69) is 0 Å². The summed E-state index contributed by atoms with van der Waals surface area (Å²) in [4.78, 5) is 35.7. The number of aliphatic hydroxyl groups excluding tert-OH is 1. The summed E-state index contributed by atoms with van der Waals surface area (Å²) in [5.41, 5.74) is 0.704. The lowest BCUT2D eigenvalue weighted by atomic mass is 10.0. The number of rotatable bonds is 7. The number of carbonyl (C=O) groups excluding carboxylic acids is 3. The molecule has 0 bridgehead atoms. The van der Waals surface area contributed by atoms with Crippen molar-refractivity contribution in [2.45, 2.75) is 38.1 Å². The molecule has 1 heterocycles. The van der Waals surface area contributed by atoms with Crippen LogP contribution in [0.3, 0.4) is 0 Å². The lowest BCUT2D eigenvalue weighted by molar-refractivity contribution is -0.152. The molecule has 1 aromatic rings. The number of hydrogen-bond donors (Lipinski definition) is 2. The number of aromatic hydroxyl groups is 1. The third-order valence-corrected chi connectivity index (χ3v) is 4.91. The molecule has 1 saturated carbocycles. The molecule has 1 aliphatic carbocycles. The Bertz CT molecular complexity index is 809. The van der Waals surface area contributed by atoms with Crippen LogP contribution in [0.2, 0.25) is 0 Å². The highest BCUT2D eigenvalue weighted by Crippen LogP contribution is 2.44. The molecule has 0 aromatic heterocycles. The van der Waals surface area contributed by atoms with Crippen LogP contribution in [0.15, 0.2) is 42.5 Å². The van der Waals surface area contributed by atoms with Crippen LogP contribution < -0.4 is 0 Å². The average Bonchev–Trinajstić information content (AvgIpc) is 3.47. The molecule has 2 aliphatic rings. The Morgan fingerprint density at radius 1 is 1.29 bits per heavy atom. The van der Waals surface area contributed by atoms with Gasteiger partial charge in [-0.3, -0.25) is 4.79 Å². The Hall–Kier alpha value is -2.93. The van der Waals surface area contributed by atoms with E-state index < -0.39 is 36.2 Å². The number of benzene rings is 1. The summed E-state index contributed by atoms with van der Waals surface area (Å²) in [5, 5.41) is 19.6. The van der Waals surface area contributed by atoms with Crippen LogP contribution in [0, 0.1) is 11.8 Å². The molecule has 0 unspecified atom stereocenters. The van der Waals surface area contributed by atoms with E-state index in [0.717, 1.165) is 0 Å². The summed E-state index contributed by atoms with van der Waals surface area (Å²) in [5.74, 6) is -2.00. The van der Waals surface area contributed by atoms with Gasteiger partial charge in [0.05, 0.1) is 6.10 Å². The number of Topliss-reactive ketones (excluding diaryl/α,β-unsaturated/α-hetero) is 1. The number of ketones is 1. The second-order valence-electron chi connectivity index (χ2n) is 7.02. The number of aliphatic hydroxyl groups is 1. The highest BCUT2D eigenvalue weighted by Gasteiger charge is 2.51. The molecule has 0 amide bonds. The van der Waals surface area contributed by atoms with Gasteiger partial charge in [-0.05, 0) is 43.0 Å². The van der Waals surface area contributed by atoms with Gasteiger partial charge < -0.3 is 19.7 Å². The normalized spacial score (nSPS) is 25.8. The molecule has 0 spiro atoms. The fraction of sp³-hybridized carbons (Fsp3) is 0.381. The molecule has 1 aromatic carbocycles. The van der Waals surface area contributed by atoms with Gasteiger partial charge in [0.25, 0.3) is 0 Å². The predicted molar refractivity (Wildman–Crippen MR) is 98.9 cm³/mol. The van der Waals surface area contributed by atoms with Crippen molar-refractivity contribution in [1.82, 2.24) is 0 Å². The number of carbonyl (C=O) groups is 3. The van der Waals surface area contributed by atoms with Crippen LogP contribution in [0.5, 0.6) is 5.75 Å². The second kappa shape index (κ2) is 8.39. The maximum Gasteiger partial charge on any atom is 0.331 e. The van der Waals surface area contributed by atoms with Crippen molar-refractivity contribution in [3.63, 3.8) is 0 Å². The van der Waals surface area contributed by atoms with Crippen LogP contribution >= 0.6 is 0 Å². The first-order valence-electron chi connectivity index (χ1n) is 9.12. The SMILES string of the molecule is C[C@H](OC(=O)C=Cc1ccc(O)cc1)C(=O)[C@H]1C[C@@H]1[C@H](O)[C@H]1CC=CC(=O)O1. The molecular weight excluding hydrogens is 364 g/mol. The molecule has 3 rings (SSSR count). The third kappa shape index (κ3) is 4.86. The van der Waals surface area contributed by atoms with Gasteiger partial charge in [-0.25, -0.2) is 9.59 Å². The van der Waals surface area contributed by atoms with Crippen LogP contribution in [-0.2, 0) is 23.9 Å². The molecule has 0 radical (unpaired) electrons. The van der Waals surface area contributed by atoms with Crippen molar-refractivity contribution in [3.8, 4) is 5.75 Å². The number of esters is 2. The van der Waals surface area contributed by atoms with E-state index in [1.165, 1.54) is 37.3 Å². The van der Waals surface area contributed by atoms with Crippen molar-refractivity contribution in [1.29, 1.82) is 0 Å². The van der Waals surface area contributed by atoms with Gasteiger partial charge in [-0.2, -0.15) is 0 Å². The molecule has 1 aliphatic heterocycles. The average molecular weight is 386 g/mol. The van der Waals surface area contributed by atoms with Crippen molar-refractivity contribution in [2.24, 2.45) is 11.8 Å². The van der Waals surface area contributed by atoms with E-state index in [0.29, 0.717) is 18.4 Å². The quantitative estimate of drug-likeness (QED) is 0.543. The zero-order valence-electron chi connectivity index (χ0n) is 15.4.